The van der Waals surface area contributed by atoms with Crippen LogP contribution in [0.1, 0.15) is 37.6 Å². The maximum Gasteiger partial charge on any atom is 0.279 e. The van der Waals surface area contributed by atoms with Gasteiger partial charge in [0.1, 0.15) is 5.75 Å². The van der Waals surface area contributed by atoms with Gasteiger partial charge < -0.3 is 14.0 Å². The fourth-order valence-electron chi connectivity index (χ4n) is 4.10. The van der Waals surface area contributed by atoms with Crippen molar-refractivity contribution >= 4 is 37.5 Å². The van der Waals surface area contributed by atoms with Crippen LogP contribution in [0.3, 0.4) is 0 Å². The first-order valence-corrected chi connectivity index (χ1v) is 13.5. The minimum atomic E-state index is -3.67. The number of thiazole rings is 1. The largest absolute Gasteiger partial charge is 0.497 e. The first-order chi connectivity index (χ1) is 16.2. The Balaban J connectivity index is 1.63. The van der Waals surface area contributed by atoms with Crippen LogP contribution in [0.25, 0.3) is 10.2 Å². The highest BCUT2D eigenvalue weighted by Crippen LogP contribution is 2.24. The third-order valence-electron chi connectivity index (χ3n) is 5.66. The summed E-state index contributed by atoms with van der Waals surface area (Å²) in [5, 5.41) is 0. The minimum absolute atomic E-state index is 0.153. The molecule has 3 aromatic rings. The summed E-state index contributed by atoms with van der Waals surface area (Å²) in [6.07, 6.45) is 0.549. The minimum Gasteiger partial charge on any atom is -0.497 e. The summed E-state index contributed by atoms with van der Waals surface area (Å²) in [6.45, 7) is 7.12. The van der Waals surface area contributed by atoms with Crippen LogP contribution in [0, 0.1) is 0 Å². The summed E-state index contributed by atoms with van der Waals surface area (Å²) in [5.74, 6) is 0.331. The van der Waals surface area contributed by atoms with Crippen molar-refractivity contribution in [3.8, 4) is 5.75 Å². The fourth-order valence-corrected chi connectivity index (χ4v) is 6.78. The number of fused-ring (bicyclic) bond motifs is 1. The Bertz CT molecular complexity index is 1350. The second-order valence-corrected chi connectivity index (χ2v) is 11.3. The molecule has 0 unspecified atom stereocenters. The van der Waals surface area contributed by atoms with Crippen molar-refractivity contribution in [3.63, 3.8) is 0 Å². The Hall–Kier alpha value is -2.53. The third-order valence-corrected chi connectivity index (χ3v) is 8.55. The van der Waals surface area contributed by atoms with Crippen molar-refractivity contribution in [1.82, 2.24) is 8.87 Å². The summed E-state index contributed by atoms with van der Waals surface area (Å²) in [5.41, 5.74) is 1.33. The standard InChI is InChI=1S/C24H29N3O5S2/c1-5-12-27-21-11-8-19(31-4)13-22(21)33-24(27)25-23(28)18-6-9-20(10-7-18)34(29,30)26-14-16(2)32-17(3)15-26/h6-11,13,16-17H,5,12,14-15H2,1-4H3/t16-,17-/m0/s1. The molecule has 2 heterocycles. The molecule has 0 radical (unpaired) electrons. The second-order valence-electron chi connectivity index (χ2n) is 8.39. The molecule has 1 aliphatic rings. The van der Waals surface area contributed by atoms with Crippen LogP contribution in [0.2, 0.25) is 0 Å². The van der Waals surface area contributed by atoms with E-state index < -0.39 is 15.9 Å². The number of benzene rings is 2. The topological polar surface area (TPSA) is 90.2 Å². The third kappa shape index (κ3) is 4.95. The number of morpholine rings is 1. The van der Waals surface area contributed by atoms with Gasteiger partial charge in [0.05, 0.1) is 34.4 Å². The van der Waals surface area contributed by atoms with Crippen molar-refractivity contribution in [2.75, 3.05) is 20.2 Å². The average molecular weight is 504 g/mol. The van der Waals surface area contributed by atoms with Gasteiger partial charge in [-0.15, -0.1) is 0 Å². The van der Waals surface area contributed by atoms with Gasteiger partial charge in [-0.3, -0.25) is 4.79 Å². The van der Waals surface area contributed by atoms with Gasteiger partial charge in [0.25, 0.3) is 5.91 Å². The molecule has 1 fully saturated rings. The van der Waals surface area contributed by atoms with Crippen LogP contribution in [0.5, 0.6) is 5.75 Å². The summed E-state index contributed by atoms with van der Waals surface area (Å²) in [6, 6.07) is 11.8. The van der Waals surface area contributed by atoms with Gasteiger partial charge in [0.15, 0.2) is 4.80 Å². The van der Waals surface area contributed by atoms with E-state index >= 15 is 0 Å². The first-order valence-electron chi connectivity index (χ1n) is 11.2. The highest BCUT2D eigenvalue weighted by molar-refractivity contribution is 7.89. The smallest absolute Gasteiger partial charge is 0.279 e. The van der Waals surface area contributed by atoms with Crippen LogP contribution in [-0.2, 0) is 21.3 Å². The number of hydrogen-bond donors (Lipinski definition) is 0. The summed E-state index contributed by atoms with van der Waals surface area (Å²) < 4.78 is 41.5. The van der Waals surface area contributed by atoms with E-state index in [4.69, 9.17) is 9.47 Å². The quantitative estimate of drug-likeness (QED) is 0.512. The lowest BCUT2D eigenvalue weighted by atomic mass is 10.2. The molecule has 8 nitrogen and oxygen atoms in total. The fraction of sp³-hybridized carbons (Fsp3) is 0.417. The van der Waals surface area contributed by atoms with Crippen LogP contribution in [0.15, 0.2) is 52.4 Å². The molecule has 0 aliphatic carbocycles. The molecule has 0 bridgehead atoms. The van der Waals surface area contributed by atoms with E-state index in [2.05, 4.69) is 11.9 Å². The van der Waals surface area contributed by atoms with E-state index in [0.717, 1.165) is 28.9 Å². The van der Waals surface area contributed by atoms with Gasteiger partial charge in [-0.2, -0.15) is 9.30 Å². The number of aryl methyl sites for hydroxylation is 1. The average Bonchev–Trinajstić information content (AvgIpc) is 3.14. The highest BCUT2D eigenvalue weighted by atomic mass is 32.2. The Kier molecular flexibility index (Phi) is 7.22. The van der Waals surface area contributed by atoms with Crippen LogP contribution in [-0.4, -0.2) is 55.6 Å². The lowest BCUT2D eigenvalue weighted by Crippen LogP contribution is -2.48. The molecular weight excluding hydrogens is 474 g/mol. The van der Waals surface area contributed by atoms with Gasteiger partial charge in [0, 0.05) is 25.2 Å². The van der Waals surface area contributed by atoms with Crippen LogP contribution >= 0.6 is 11.3 Å². The van der Waals surface area contributed by atoms with Crippen molar-refractivity contribution < 1.29 is 22.7 Å². The second kappa shape index (κ2) is 9.99. The van der Waals surface area contributed by atoms with Gasteiger partial charge in [0.2, 0.25) is 10.0 Å². The molecule has 10 heteroatoms. The van der Waals surface area contributed by atoms with Gasteiger partial charge >= 0.3 is 0 Å². The predicted molar refractivity (Wildman–Crippen MR) is 132 cm³/mol. The van der Waals surface area contributed by atoms with Gasteiger partial charge in [-0.25, -0.2) is 8.42 Å². The summed E-state index contributed by atoms with van der Waals surface area (Å²) >= 11 is 1.42. The molecule has 2 aromatic carbocycles. The number of nitrogens with zero attached hydrogens (tertiary/aromatic N) is 3. The lowest BCUT2D eigenvalue weighted by molar-refractivity contribution is -0.0440. The first kappa shape index (κ1) is 24.6. The van der Waals surface area contributed by atoms with Gasteiger partial charge in [-0.1, -0.05) is 18.3 Å². The molecule has 0 N–H and O–H groups in total. The Morgan fingerprint density at radius 1 is 1.15 bits per heavy atom. The number of carbonyl (C=O) groups excluding carboxylic acids is 1. The summed E-state index contributed by atoms with van der Waals surface area (Å²) in [7, 11) is -2.05. The van der Waals surface area contributed by atoms with E-state index in [-0.39, 0.29) is 17.1 Å². The number of hydrogen-bond acceptors (Lipinski definition) is 6. The van der Waals surface area contributed by atoms with Gasteiger partial charge in [-0.05, 0) is 62.7 Å². The molecule has 34 heavy (non-hydrogen) atoms. The zero-order valence-electron chi connectivity index (χ0n) is 19.7. The zero-order chi connectivity index (χ0) is 24.5. The maximum absolute atomic E-state index is 13.1. The molecule has 0 saturated carbocycles. The Morgan fingerprint density at radius 2 is 1.82 bits per heavy atom. The molecule has 1 aliphatic heterocycles. The molecule has 182 valence electrons. The number of rotatable bonds is 6. The Morgan fingerprint density at radius 3 is 2.44 bits per heavy atom. The lowest BCUT2D eigenvalue weighted by Gasteiger charge is -2.34. The van der Waals surface area contributed by atoms with E-state index in [1.807, 2.05) is 36.6 Å². The molecule has 1 aromatic heterocycles. The number of amides is 1. The van der Waals surface area contributed by atoms with Crippen molar-refractivity contribution in [3.05, 3.63) is 52.8 Å². The van der Waals surface area contributed by atoms with E-state index in [9.17, 15) is 13.2 Å². The number of aromatic nitrogens is 1. The molecule has 1 saturated heterocycles. The van der Waals surface area contributed by atoms with Crippen molar-refractivity contribution in [2.24, 2.45) is 4.99 Å². The van der Waals surface area contributed by atoms with Crippen LogP contribution in [0.4, 0.5) is 0 Å². The number of sulfonamides is 1. The molecule has 4 rings (SSSR count). The zero-order valence-corrected chi connectivity index (χ0v) is 21.4. The predicted octanol–water partition coefficient (Wildman–Crippen LogP) is 3.66. The monoisotopic (exact) mass is 503 g/mol. The molecule has 1 amide bonds. The maximum atomic E-state index is 13.1. The normalized spacial score (nSPS) is 20.1. The highest BCUT2D eigenvalue weighted by Gasteiger charge is 2.32. The number of carbonyl (C=O) groups is 1. The SMILES string of the molecule is CCCn1c(=NC(=O)c2ccc(S(=O)(=O)N3C[C@H](C)O[C@@H](C)C3)cc2)sc2cc(OC)ccc21. The number of methoxy groups -OCH3 is 1. The molecule has 0 spiro atoms. The molecular formula is C24H29N3O5S2. The molecule has 2 atom stereocenters. The van der Waals surface area contributed by atoms with Crippen molar-refractivity contribution in [1.29, 1.82) is 0 Å². The van der Waals surface area contributed by atoms with E-state index in [1.54, 1.807) is 7.11 Å². The van der Waals surface area contributed by atoms with E-state index in [1.165, 1.54) is 39.9 Å². The van der Waals surface area contributed by atoms with Crippen molar-refractivity contribution in [2.45, 2.75) is 50.8 Å². The summed E-state index contributed by atoms with van der Waals surface area (Å²) in [4.78, 5) is 18.1. The van der Waals surface area contributed by atoms with Crippen LogP contribution < -0.4 is 9.54 Å². The number of ether oxygens (including phenoxy) is 2. The van der Waals surface area contributed by atoms with E-state index in [0.29, 0.717) is 23.5 Å². The Labute approximate surface area is 203 Å².